The molecule has 0 aliphatic heterocycles. The van der Waals surface area contributed by atoms with Gasteiger partial charge in [0.2, 0.25) is 11.8 Å². The highest BCUT2D eigenvalue weighted by atomic mass is 16.4. The first-order valence-electron chi connectivity index (χ1n) is 10.5. The number of carboxylic acids is 1. The molecular weight excluding hydrogens is 430 g/mol. The lowest BCUT2D eigenvalue weighted by Crippen LogP contribution is -2.56. The summed E-state index contributed by atoms with van der Waals surface area (Å²) in [5.74, 6) is -2.77. The first-order valence-corrected chi connectivity index (χ1v) is 10.5. The van der Waals surface area contributed by atoms with E-state index in [0.717, 1.165) is 16.5 Å². The van der Waals surface area contributed by atoms with E-state index in [9.17, 15) is 24.6 Å². The zero-order chi connectivity index (χ0) is 24.5. The van der Waals surface area contributed by atoms with Gasteiger partial charge in [0, 0.05) is 30.1 Å². The van der Waals surface area contributed by atoms with Gasteiger partial charge in [-0.3, -0.25) is 14.6 Å². The molecule has 0 aliphatic carbocycles. The standard InChI is InChI=1S/C21H31N7O5/c1-11(29)17(22)19(31)27-15(7-4-8-25-21(23)24)18(30)28-16(20(32)33)9-12-10-26-14-6-3-2-5-13(12)14/h2-3,5-6,10-11,15-17,26,29H,4,7-9,22H2,1H3,(H,27,31)(H,28,30)(H,32,33)(H4,23,24,25). The van der Waals surface area contributed by atoms with E-state index in [2.05, 4.69) is 20.6 Å². The van der Waals surface area contributed by atoms with Gasteiger partial charge in [-0.1, -0.05) is 18.2 Å². The number of nitrogens with zero attached hydrogens (tertiary/aromatic N) is 1. The monoisotopic (exact) mass is 461 g/mol. The summed E-state index contributed by atoms with van der Waals surface area (Å²) in [6, 6.07) is 3.82. The van der Waals surface area contributed by atoms with Crippen LogP contribution in [0.4, 0.5) is 0 Å². The second-order valence-electron chi connectivity index (χ2n) is 7.74. The first kappa shape index (κ1) is 25.6. The Morgan fingerprint density at radius 3 is 2.42 bits per heavy atom. The van der Waals surface area contributed by atoms with Crippen LogP contribution in [0.3, 0.4) is 0 Å². The molecule has 0 fully saturated rings. The average Bonchev–Trinajstić information content (AvgIpc) is 3.17. The molecule has 0 radical (unpaired) electrons. The van der Waals surface area contributed by atoms with Gasteiger partial charge in [0.1, 0.15) is 18.1 Å². The van der Waals surface area contributed by atoms with E-state index in [1.54, 1.807) is 6.20 Å². The number of carboxylic acid groups (broad SMARTS) is 1. The summed E-state index contributed by atoms with van der Waals surface area (Å²) in [5.41, 5.74) is 17.8. The van der Waals surface area contributed by atoms with E-state index in [1.807, 2.05) is 24.3 Å². The van der Waals surface area contributed by atoms with Crippen molar-refractivity contribution in [1.29, 1.82) is 0 Å². The summed E-state index contributed by atoms with van der Waals surface area (Å²) < 4.78 is 0. The van der Waals surface area contributed by atoms with Crippen molar-refractivity contribution in [2.24, 2.45) is 22.2 Å². The van der Waals surface area contributed by atoms with Crippen LogP contribution < -0.4 is 27.8 Å². The number of hydrogen-bond acceptors (Lipinski definition) is 6. The molecule has 4 atom stereocenters. The molecule has 0 bridgehead atoms. The fraction of sp³-hybridized carbons (Fsp3) is 0.429. The summed E-state index contributed by atoms with van der Waals surface area (Å²) in [5, 5.41) is 25.0. The van der Waals surface area contributed by atoms with Crippen LogP contribution in [-0.4, -0.2) is 69.7 Å². The number of aromatic nitrogens is 1. The SMILES string of the molecule is CC(O)C(N)C(=O)NC(CCCN=C(N)N)C(=O)NC(Cc1c[nH]c2ccccc12)C(=O)O. The fourth-order valence-electron chi connectivity index (χ4n) is 3.25. The van der Waals surface area contributed by atoms with E-state index in [0.29, 0.717) is 6.42 Å². The second kappa shape index (κ2) is 11.8. The molecule has 180 valence electrons. The number of aliphatic hydroxyl groups excluding tert-OH is 1. The topological polar surface area (TPSA) is 222 Å². The zero-order valence-electron chi connectivity index (χ0n) is 18.3. The second-order valence-corrected chi connectivity index (χ2v) is 7.74. The number of benzene rings is 1. The molecule has 1 aromatic heterocycles. The summed E-state index contributed by atoms with van der Waals surface area (Å²) in [6.45, 7) is 1.56. The Hall–Kier alpha value is -3.64. The molecule has 11 N–H and O–H groups in total. The third-order valence-corrected chi connectivity index (χ3v) is 5.11. The van der Waals surface area contributed by atoms with Crippen LogP contribution in [-0.2, 0) is 20.8 Å². The minimum Gasteiger partial charge on any atom is -0.480 e. The van der Waals surface area contributed by atoms with Crippen molar-refractivity contribution in [3.8, 4) is 0 Å². The maximum absolute atomic E-state index is 12.9. The number of aliphatic carboxylic acids is 1. The molecule has 0 saturated carbocycles. The van der Waals surface area contributed by atoms with Gasteiger partial charge >= 0.3 is 5.97 Å². The lowest BCUT2D eigenvalue weighted by atomic mass is 10.0. The molecule has 0 saturated heterocycles. The van der Waals surface area contributed by atoms with Crippen LogP contribution in [0.1, 0.15) is 25.3 Å². The number of aliphatic hydroxyl groups is 1. The predicted octanol–water partition coefficient (Wildman–Crippen LogP) is -1.47. The number of fused-ring (bicyclic) bond motifs is 1. The number of aliphatic imine (C=N–C) groups is 1. The van der Waals surface area contributed by atoms with Crippen molar-refractivity contribution < 1.29 is 24.6 Å². The molecule has 0 spiro atoms. The molecule has 2 amide bonds. The molecular formula is C21H31N7O5. The van der Waals surface area contributed by atoms with Crippen molar-refractivity contribution >= 4 is 34.6 Å². The number of amides is 2. The Labute approximate surface area is 190 Å². The smallest absolute Gasteiger partial charge is 0.326 e. The van der Waals surface area contributed by atoms with E-state index < -0.39 is 42.0 Å². The minimum absolute atomic E-state index is 0.0347. The Bertz CT molecular complexity index is 1000. The number of para-hydroxylation sites is 1. The summed E-state index contributed by atoms with van der Waals surface area (Å²) >= 11 is 0. The number of carbonyl (C=O) groups is 3. The van der Waals surface area contributed by atoms with Gasteiger partial charge in [-0.15, -0.1) is 0 Å². The predicted molar refractivity (Wildman–Crippen MR) is 123 cm³/mol. The van der Waals surface area contributed by atoms with Gasteiger partial charge in [-0.05, 0) is 31.4 Å². The number of hydrogen-bond donors (Lipinski definition) is 8. The van der Waals surface area contributed by atoms with E-state index in [4.69, 9.17) is 17.2 Å². The molecule has 1 heterocycles. The fourth-order valence-corrected chi connectivity index (χ4v) is 3.25. The van der Waals surface area contributed by atoms with Crippen molar-refractivity contribution in [1.82, 2.24) is 15.6 Å². The molecule has 12 heteroatoms. The molecule has 4 unspecified atom stereocenters. The normalized spacial score (nSPS) is 14.6. The Kier molecular flexibility index (Phi) is 9.18. The van der Waals surface area contributed by atoms with Crippen molar-refractivity contribution in [3.63, 3.8) is 0 Å². The maximum atomic E-state index is 12.9. The summed E-state index contributed by atoms with van der Waals surface area (Å²) in [4.78, 5) is 44.0. The van der Waals surface area contributed by atoms with Gasteiger partial charge in [0.05, 0.1) is 6.10 Å². The number of carbonyl (C=O) groups excluding carboxylic acids is 2. The van der Waals surface area contributed by atoms with Crippen LogP contribution in [0.2, 0.25) is 0 Å². The highest BCUT2D eigenvalue weighted by Gasteiger charge is 2.29. The quantitative estimate of drug-likeness (QED) is 0.105. The minimum atomic E-state index is -1.25. The number of nitrogens with two attached hydrogens (primary N) is 3. The van der Waals surface area contributed by atoms with Crippen molar-refractivity contribution in [3.05, 3.63) is 36.0 Å². The van der Waals surface area contributed by atoms with Crippen LogP contribution >= 0.6 is 0 Å². The van der Waals surface area contributed by atoms with Gasteiger partial charge in [0.25, 0.3) is 0 Å². The van der Waals surface area contributed by atoms with Gasteiger partial charge in [-0.25, -0.2) is 4.79 Å². The summed E-state index contributed by atoms with van der Waals surface area (Å²) in [7, 11) is 0. The lowest BCUT2D eigenvalue weighted by molar-refractivity contribution is -0.142. The van der Waals surface area contributed by atoms with Crippen LogP contribution in [0.25, 0.3) is 10.9 Å². The van der Waals surface area contributed by atoms with E-state index >= 15 is 0 Å². The number of aromatic amines is 1. The van der Waals surface area contributed by atoms with Crippen molar-refractivity contribution in [2.45, 2.75) is 50.4 Å². The average molecular weight is 462 g/mol. The van der Waals surface area contributed by atoms with Crippen LogP contribution in [0, 0.1) is 0 Å². The third-order valence-electron chi connectivity index (χ3n) is 5.11. The maximum Gasteiger partial charge on any atom is 0.326 e. The number of nitrogens with one attached hydrogen (secondary N) is 3. The number of guanidine groups is 1. The molecule has 1 aromatic carbocycles. The molecule has 2 aromatic rings. The Balaban J connectivity index is 2.14. The molecule has 2 rings (SSSR count). The van der Waals surface area contributed by atoms with Gasteiger partial charge in [0.15, 0.2) is 5.96 Å². The first-order chi connectivity index (χ1) is 15.6. The Morgan fingerprint density at radius 2 is 1.79 bits per heavy atom. The van der Waals surface area contributed by atoms with E-state index in [-0.39, 0.29) is 25.3 Å². The lowest BCUT2D eigenvalue weighted by Gasteiger charge is -2.23. The number of rotatable bonds is 12. The zero-order valence-corrected chi connectivity index (χ0v) is 18.3. The molecule has 33 heavy (non-hydrogen) atoms. The molecule has 0 aliphatic rings. The highest BCUT2D eigenvalue weighted by molar-refractivity contribution is 5.92. The van der Waals surface area contributed by atoms with Crippen LogP contribution in [0.15, 0.2) is 35.5 Å². The summed E-state index contributed by atoms with van der Waals surface area (Å²) in [6.07, 6.45) is 1.06. The highest BCUT2D eigenvalue weighted by Crippen LogP contribution is 2.19. The van der Waals surface area contributed by atoms with E-state index in [1.165, 1.54) is 6.92 Å². The largest absolute Gasteiger partial charge is 0.480 e. The van der Waals surface area contributed by atoms with Gasteiger partial charge < -0.3 is 43.0 Å². The third kappa shape index (κ3) is 7.47. The Morgan fingerprint density at radius 1 is 1.12 bits per heavy atom. The van der Waals surface area contributed by atoms with Crippen LogP contribution in [0.5, 0.6) is 0 Å². The van der Waals surface area contributed by atoms with Crippen molar-refractivity contribution in [2.75, 3.05) is 6.54 Å². The number of H-pyrrole nitrogens is 1. The van der Waals surface area contributed by atoms with Gasteiger partial charge in [-0.2, -0.15) is 0 Å². The molecule has 12 nitrogen and oxygen atoms in total.